The van der Waals surface area contributed by atoms with Crippen molar-refractivity contribution in [3.63, 3.8) is 0 Å². The molecule has 2 saturated heterocycles. The van der Waals surface area contributed by atoms with Crippen molar-refractivity contribution in [2.24, 2.45) is 5.73 Å². The van der Waals surface area contributed by atoms with Crippen LogP contribution in [0.3, 0.4) is 0 Å². The molecule has 3 amide bonds. The Morgan fingerprint density at radius 2 is 2.22 bits per heavy atom. The van der Waals surface area contributed by atoms with E-state index >= 15 is 0 Å². The quantitative estimate of drug-likeness (QED) is 0.669. The van der Waals surface area contributed by atoms with Gasteiger partial charge in [-0.25, -0.2) is 4.79 Å². The molecule has 18 heavy (non-hydrogen) atoms. The number of morpholine rings is 1. The number of carbonyl (C=O) groups excluding carboxylic acids is 2. The van der Waals surface area contributed by atoms with Gasteiger partial charge in [-0.3, -0.25) is 4.79 Å². The fourth-order valence-electron chi connectivity index (χ4n) is 2.20. The molecule has 0 bridgehead atoms. The van der Waals surface area contributed by atoms with Gasteiger partial charge in [-0.2, -0.15) is 0 Å². The average molecular weight is 256 g/mol. The Hall–Kier alpha value is -1.34. The van der Waals surface area contributed by atoms with Crippen LogP contribution in [0.1, 0.15) is 0 Å². The van der Waals surface area contributed by atoms with Crippen molar-refractivity contribution in [2.75, 3.05) is 52.9 Å². The SMILES string of the molecule is CN1CCN(CC(=O)N2CCO[C@H](CN)C2)C1=O. The van der Waals surface area contributed by atoms with Crippen molar-refractivity contribution in [1.82, 2.24) is 14.7 Å². The highest BCUT2D eigenvalue weighted by Crippen LogP contribution is 2.09. The first-order valence-electron chi connectivity index (χ1n) is 6.21. The molecular weight excluding hydrogens is 236 g/mol. The molecule has 2 heterocycles. The summed E-state index contributed by atoms with van der Waals surface area (Å²) in [5.41, 5.74) is 5.54. The van der Waals surface area contributed by atoms with Crippen molar-refractivity contribution >= 4 is 11.9 Å². The minimum atomic E-state index is -0.0837. The van der Waals surface area contributed by atoms with E-state index in [9.17, 15) is 9.59 Å². The predicted molar refractivity (Wildman–Crippen MR) is 65.0 cm³/mol. The normalized spacial score (nSPS) is 24.9. The molecule has 0 spiro atoms. The van der Waals surface area contributed by atoms with E-state index in [2.05, 4.69) is 0 Å². The van der Waals surface area contributed by atoms with E-state index in [0.717, 1.165) is 0 Å². The van der Waals surface area contributed by atoms with Crippen LogP contribution in [-0.2, 0) is 9.53 Å². The zero-order chi connectivity index (χ0) is 13.1. The topological polar surface area (TPSA) is 79.1 Å². The Morgan fingerprint density at radius 1 is 1.44 bits per heavy atom. The average Bonchev–Trinajstić information content (AvgIpc) is 2.71. The summed E-state index contributed by atoms with van der Waals surface area (Å²) in [6.07, 6.45) is -0.0837. The number of ether oxygens (including phenoxy) is 1. The summed E-state index contributed by atoms with van der Waals surface area (Å²) in [5.74, 6) is -0.0274. The largest absolute Gasteiger partial charge is 0.373 e. The first kappa shape index (κ1) is 13.1. The highest BCUT2D eigenvalue weighted by Gasteiger charge is 2.30. The van der Waals surface area contributed by atoms with Gasteiger partial charge in [0.15, 0.2) is 0 Å². The maximum Gasteiger partial charge on any atom is 0.320 e. The third-order valence-corrected chi connectivity index (χ3v) is 3.38. The van der Waals surface area contributed by atoms with Gasteiger partial charge in [0.1, 0.15) is 6.54 Å². The highest BCUT2D eigenvalue weighted by atomic mass is 16.5. The highest BCUT2D eigenvalue weighted by molar-refractivity contribution is 5.85. The van der Waals surface area contributed by atoms with Crippen LogP contribution in [0.15, 0.2) is 0 Å². The number of amides is 3. The first-order valence-corrected chi connectivity index (χ1v) is 6.21. The van der Waals surface area contributed by atoms with Crippen LogP contribution >= 0.6 is 0 Å². The zero-order valence-electron chi connectivity index (χ0n) is 10.7. The van der Waals surface area contributed by atoms with E-state index in [-0.39, 0.29) is 24.6 Å². The van der Waals surface area contributed by atoms with Crippen molar-refractivity contribution < 1.29 is 14.3 Å². The third kappa shape index (κ3) is 2.73. The summed E-state index contributed by atoms with van der Waals surface area (Å²) in [5, 5.41) is 0. The fourth-order valence-corrected chi connectivity index (χ4v) is 2.20. The minimum absolute atomic E-state index is 0.0274. The van der Waals surface area contributed by atoms with Gasteiger partial charge in [0.2, 0.25) is 5.91 Å². The standard InChI is InChI=1S/C11H20N4O3/c1-13-2-3-15(11(13)17)8-10(16)14-4-5-18-9(6-12)7-14/h9H,2-8,12H2,1H3/t9-/m1/s1. The lowest BCUT2D eigenvalue weighted by atomic mass is 10.2. The molecule has 2 rings (SSSR count). The molecule has 0 aromatic heterocycles. The van der Waals surface area contributed by atoms with Crippen LogP contribution in [0.2, 0.25) is 0 Å². The Morgan fingerprint density at radius 3 is 2.83 bits per heavy atom. The number of nitrogens with zero attached hydrogens (tertiary/aromatic N) is 3. The maximum atomic E-state index is 12.1. The molecule has 0 radical (unpaired) electrons. The van der Waals surface area contributed by atoms with Crippen LogP contribution in [0.25, 0.3) is 0 Å². The second-order valence-electron chi connectivity index (χ2n) is 4.69. The minimum Gasteiger partial charge on any atom is -0.373 e. The second kappa shape index (κ2) is 5.53. The number of likely N-dealkylation sites (N-methyl/N-ethyl adjacent to an activating group) is 1. The number of nitrogens with two attached hydrogens (primary N) is 1. The van der Waals surface area contributed by atoms with Gasteiger partial charge in [0.05, 0.1) is 12.7 Å². The van der Waals surface area contributed by atoms with E-state index in [0.29, 0.717) is 39.3 Å². The Kier molecular flexibility index (Phi) is 4.03. The summed E-state index contributed by atoms with van der Waals surface area (Å²) in [7, 11) is 1.74. The molecule has 0 saturated carbocycles. The van der Waals surface area contributed by atoms with Crippen molar-refractivity contribution in [3.05, 3.63) is 0 Å². The van der Waals surface area contributed by atoms with Crippen LogP contribution in [0.4, 0.5) is 4.79 Å². The molecule has 2 aliphatic heterocycles. The van der Waals surface area contributed by atoms with Gasteiger partial charge < -0.3 is 25.2 Å². The van der Waals surface area contributed by atoms with E-state index in [4.69, 9.17) is 10.5 Å². The monoisotopic (exact) mass is 256 g/mol. The van der Waals surface area contributed by atoms with Crippen LogP contribution in [-0.4, -0.2) is 85.7 Å². The Bertz CT molecular complexity index is 336. The molecule has 2 N–H and O–H groups in total. The first-order chi connectivity index (χ1) is 8.61. The molecule has 2 fully saturated rings. The van der Waals surface area contributed by atoms with E-state index in [1.165, 1.54) is 0 Å². The van der Waals surface area contributed by atoms with E-state index in [1.807, 2.05) is 0 Å². The van der Waals surface area contributed by atoms with Crippen molar-refractivity contribution in [3.8, 4) is 0 Å². The van der Waals surface area contributed by atoms with Crippen LogP contribution in [0, 0.1) is 0 Å². The van der Waals surface area contributed by atoms with Gasteiger partial charge in [-0.1, -0.05) is 0 Å². The van der Waals surface area contributed by atoms with Crippen molar-refractivity contribution in [2.45, 2.75) is 6.10 Å². The number of rotatable bonds is 3. The van der Waals surface area contributed by atoms with Gasteiger partial charge >= 0.3 is 6.03 Å². The smallest absolute Gasteiger partial charge is 0.320 e. The summed E-state index contributed by atoms with van der Waals surface area (Å²) in [6, 6.07) is -0.0769. The predicted octanol–water partition coefficient (Wildman–Crippen LogP) is -1.46. The zero-order valence-corrected chi connectivity index (χ0v) is 10.7. The third-order valence-electron chi connectivity index (χ3n) is 3.38. The number of carbonyl (C=O) groups is 2. The lowest BCUT2D eigenvalue weighted by Gasteiger charge is -2.33. The van der Waals surface area contributed by atoms with Gasteiger partial charge in [-0.05, 0) is 0 Å². The molecule has 7 nitrogen and oxygen atoms in total. The van der Waals surface area contributed by atoms with E-state index in [1.54, 1.807) is 21.7 Å². The van der Waals surface area contributed by atoms with Crippen molar-refractivity contribution in [1.29, 1.82) is 0 Å². The Balaban J connectivity index is 1.86. The van der Waals surface area contributed by atoms with Gasteiger partial charge in [-0.15, -0.1) is 0 Å². The molecule has 0 aromatic carbocycles. The molecule has 1 atom stereocenters. The van der Waals surface area contributed by atoms with E-state index < -0.39 is 0 Å². The summed E-state index contributed by atoms with van der Waals surface area (Å²) in [4.78, 5) is 28.7. The molecule has 0 aliphatic carbocycles. The summed E-state index contributed by atoms with van der Waals surface area (Å²) in [6.45, 7) is 3.48. The van der Waals surface area contributed by atoms with Gasteiger partial charge in [0.25, 0.3) is 0 Å². The Labute approximate surface area is 106 Å². The molecule has 7 heteroatoms. The molecule has 0 aromatic rings. The van der Waals surface area contributed by atoms with Crippen LogP contribution in [0.5, 0.6) is 0 Å². The second-order valence-corrected chi connectivity index (χ2v) is 4.69. The number of hydrogen-bond acceptors (Lipinski definition) is 4. The molecule has 0 unspecified atom stereocenters. The van der Waals surface area contributed by atoms with Crippen LogP contribution < -0.4 is 5.73 Å². The molecule has 102 valence electrons. The summed E-state index contributed by atoms with van der Waals surface area (Å²) >= 11 is 0. The lowest BCUT2D eigenvalue weighted by molar-refractivity contribution is -0.138. The number of urea groups is 1. The lowest BCUT2D eigenvalue weighted by Crippen LogP contribution is -2.51. The fraction of sp³-hybridized carbons (Fsp3) is 0.818. The maximum absolute atomic E-state index is 12.1. The van der Waals surface area contributed by atoms with Gasteiger partial charge in [0, 0.05) is 39.8 Å². The summed E-state index contributed by atoms with van der Waals surface area (Å²) < 4.78 is 5.41. The molecular formula is C11H20N4O3. The number of hydrogen-bond donors (Lipinski definition) is 1. The molecule has 2 aliphatic rings.